The van der Waals surface area contributed by atoms with Crippen molar-refractivity contribution in [1.82, 2.24) is 0 Å². The highest BCUT2D eigenvalue weighted by molar-refractivity contribution is 14.1. The maximum Gasteiger partial charge on any atom is 0.176 e. The summed E-state index contributed by atoms with van der Waals surface area (Å²) < 4.78 is 6.16. The third-order valence-corrected chi connectivity index (χ3v) is 3.86. The lowest BCUT2D eigenvalue weighted by Crippen LogP contribution is -1.87. The molecule has 0 aliphatic heterocycles. The Morgan fingerprint density at radius 2 is 2.00 bits per heavy atom. The molecule has 0 amide bonds. The fourth-order valence-corrected chi connectivity index (χ4v) is 2.39. The van der Waals surface area contributed by atoms with Crippen LogP contribution in [-0.2, 0) is 0 Å². The zero-order valence-electron chi connectivity index (χ0n) is 11.1. The van der Waals surface area contributed by atoms with Gasteiger partial charge >= 0.3 is 0 Å². The third-order valence-electron chi connectivity index (χ3n) is 2.86. The molecular formula is C16H11ClINO2. The van der Waals surface area contributed by atoms with Crippen molar-refractivity contribution in [2.75, 3.05) is 7.11 Å². The first-order chi connectivity index (χ1) is 10.0. The normalized spacial score (nSPS) is 11.0. The summed E-state index contributed by atoms with van der Waals surface area (Å²) in [5.74, 6) is 0.165. The molecule has 0 bridgehead atoms. The molecule has 3 nitrogen and oxygen atoms in total. The molecule has 0 spiro atoms. The second-order valence-corrected chi connectivity index (χ2v) is 5.88. The number of hydrogen-bond acceptors (Lipinski definition) is 3. The van der Waals surface area contributed by atoms with Crippen molar-refractivity contribution < 1.29 is 9.84 Å². The van der Waals surface area contributed by atoms with Crippen molar-refractivity contribution in [2.45, 2.75) is 0 Å². The van der Waals surface area contributed by atoms with Crippen molar-refractivity contribution >= 4 is 45.8 Å². The summed E-state index contributed by atoms with van der Waals surface area (Å²) in [6.07, 6.45) is 1.70. The first-order valence-corrected chi connectivity index (χ1v) is 7.45. The van der Waals surface area contributed by atoms with Crippen molar-refractivity contribution in [3.63, 3.8) is 0 Å². The average Bonchev–Trinajstić information content (AvgIpc) is 2.49. The smallest absolute Gasteiger partial charge is 0.176 e. The molecule has 0 saturated carbocycles. The maximum absolute atomic E-state index is 9.72. The number of nitrogens with zero attached hydrogens (tertiary/aromatic N) is 1. The van der Waals surface area contributed by atoms with E-state index in [4.69, 9.17) is 16.3 Å². The number of hydrogen-bond donors (Lipinski definition) is 1. The lowest BCUT2D eigenvalue weighted by Gasteiger charge is -2.07. The number of nitriles is 1. The summed E-state index contributed by atoms with van der Waals surface area (Å²) in [7, 11) is 1.45. The predicted octanol–water partition coefficient (Wildman–Crippen LogP) is 4.72. The van der Waals surface area contributed by atoms with Crippen LogP contribution in [-0.4, -0.2) is 12.2 Å². The van der Waals surface area contributed by atoms with E-state index in [0.29, 0.717) is 11.1 Å². The van der Waals surface area contributed by atoms with Crippen LogP contribution >= 0.6 is 34.2 Å². The molecule has 0 saturated heterocycles. The van der Waals surface area contributed by atoms with E-state index in [1.165, 1.54) is 7.11 Å². The van der Waals surface area contributed by atoms with E-state index in [1.54, 1.807) is 18.2 Å². The highest BCUT2D eigenvalue weighted by Crippen LogP contribution is 2.36. The van der Waals surface area contributed by atoms with Crippen molar-refractivity contribution in [2.24, 2.45) is 0 Å². The van der Waals surface area contributed by atoms with E-state index in [9.17, 15) is 10.4 Å². The van der Waals surface area contributed by atoms with Gasteiger partial charge in [0.25, 0.3) is 0 Å². The van der Waals surface area contributed by atoms with Crippen LogP contribution in [0.1, 0.15) is 11.1 Å². The van der Waals surface area contributed by atoms with E-state index in [-0.39, 0.29) is 16.5 Å². The molecule has 0 aliphatic carbocycles. The topological polar surface area (TPSA) is 53.2 Å². The number of phenols is 1. The van der Waals surface area contributed by atoms with Gasteiger partial charge in [-0.3, -0.25) is 0 Å². The van der Waals surface area contributed by atoms with Crippen molar-refractivity contribution in [3.8, 4) is 17.6 Å². The Morgan fingerprint density at radius 3 is 2.57 bits per heavy atom. The monoisotopic (exact) mass is 411 g/mol. The van der Waals surface area contributed by atoms with Gasteiger partial charge < -0.3 is 9.84 Å². The van der Waals surface area contributed by atoms with Gasteiger partial charge in [0.15, 0.2) is 11.5 Å². The fourth-order valence-electron chi connectivity index (χ4n) is 1.81. The van der Waals surface area contributed by atoms with Gasteiger partial charge in [0.05, 0.1) is 23.8 Å². The number of allylic oxidation sites excluding steroid dienone is 1. The molecule has 0 radical (unpaired) electrons. The molecule has 0 unspecified atom stereocenters. The second kappa shape index (κ2) is 6.83. The van der Waals surface area contributed by atoms with Crippen LogP contribution in [0, 0.1) is 14.9 Å². The minimum atomic E-state index is -0.107. The van der Waals surface area contributed by atoms with Gasteiger partial charge in [-0.15, -0.1) is 0 Å². The average molecular weight is 412 g/mol. The Bertz CT molecular complexity index is 733. The molecule has 1 N–H and O–H groups in total. The first kappa shape index (κ1) is 15.7. The molecule has 2 aromatic carbocycles. The van der Waals surface area contributed by atoms with E-state index < -0.39 is 0 Å². The summed E-state index contributed by atoms with van der Waals surface area (Å²) in [5, 5.41) is 19.2. The second-order valence-electron chi connectivity index (χ2n) is 4.23. The van der Waals surface area contributed by atoms with Gasteiger partial charge in [-0.2, -0.15) is 5.26 Å². The molecule has 0 aromatic heterocycles. The van der Waals surface area contributed by atoms with Crippen LogP contribution in [0.4, 0.5) is 0 Å². The van der Waals surface area contributed by atoms with Gasteiger partial charge in [0.1, 0.15) is 0 Å². The Labute approximate surface area is 141 Å². The van der Waals surface area contributed by atoms with Gasteiger partial charge in [0.2, 0.25) is 0 Å². The molecule has 2 rings (SSSR count). The number of methoxy groups -OCH3 is 1. The maximum atomic E-state index is 9.72. The molecule has 0 fully saturated rings. The Balaban J connectivity index is 2.48. The standard InChI is InChI=1S/C16H11ClINO2/c1-21-15-8-10(7-14(17)16(15)20)6-12(9-19)11-2-4-13(18)5-3-11/h2-8,20H,1H3/b12-6+. The minimum absolute atomic E-state index is 0.107. The number of halogens is 2. The van der Waals surface area contributed by atoms with Crippen LogP contribution < -0.4 is 4.74 Å². The SMILES string of the molecule is COc1cc(/C=C(\C#N)c2ccc(I)cc2)cc(Cl)c1O. The van der Waals surface area contributed by atoms with E-state index >= 15 is 0 Å². The Kier molecular flexibility index (Phi) is 5.10. The lowest BCUT2D eigenvalue weighted by molar-refractivity contribution is 0.373. The van der Waals surface area contributed by atoms with Crippen molar-refractivity contribution in [1.29, 1.82) is 5.26 Å². The van der Waals surface area contributed by atoms with Crippen LogP contribution in [0.15, 0.2) is 36.4 Å². The summed E-state index contributed by atoms with van der Waals surface area (Å²) >= 11 is 8.16. The number of aromatic hydroxyl groups is 1. The zero-order chi connectivity index (χ0) is 15.4. The quantitative estimate of drug-likeness (QED) is 0.452. The third kappa shape index (κ3) is 3.69. The van der Waals surface area contributed by atoms with E-state index in [1.807, 2.05) is 24.3 Å². The first-order valence-electron chi connectivity index (χ1n) is 5.99. The summed E-state index contributed by atoms with van der Waals surface area (Å²) in [4.78, 5) is 0. The number of rotatable bonds is 3. The van der Waals surface area contributed by atoms with Crippen LogP contribution in [0.3, 0.4) is 0 Å². The van der Waals surface area contributed by atoms with Crippen LogP contribution in [0.2, 0.25) is 5.02 Å². The molecule has 2 aromatic rings. The minimum Gasteiger partial charge on any atom is -0.503 e. The van der Waals surface area contributed by atoms with Gasteiger partial charge in [-0.1, -0.05) is 23.7 Å². The molecular weight excluding hydrogens is 401 g/mol. The summed E-state index contributed by atoms with van der Waals surface area (Å²) in [6, 6.07) is 13.0. The highest BCUT2D eigenvalue weighted by Gasteiger charge is 2.09. The van der Waals surface area contributed by atoms with E-state index in [0.717, 1.165) is 9.13 Å². The zero-order valence-corrected chi connectivity index (χ0v) is 14.0. The fraction of sp³-hybridized carbons (Fsp3) is 0.0625. The van der Waals surface area contributed by atoms with Gasteiger partial charge in [-0.05, 0) is 64.1 Å². The molecule has 0 atom stereocenters. The molecule has 0 heterocycles. The van der Waals surface area contributed by atoms with E-state index in [2.05, 4.69) is 28.7 Å². The molecule has 0 aliphatic rings. The summed E-state index contributed by atoms with van der Waals surface area (Å²) in [6.45, 7) is 0. The van der Waals surface area contributed by atoms with Gasteiger partial charge in [-0.25, -0.2) is 0 Å². The molecule has 5 heteroatoms. The summed E-state index contributed by atoms with van der Waals surface area (Å²) in [5.41, 5.74) is 2.01. The highest BCUT2D eigenvalue weighted by atomic mass is 127. The predicted molar refractivity (Wildman–Crippen MR) is 92.3 cm³/mol. The number of phenolic OH excluding ortho intramolecular Hbond substituents is 1. The molecule has 106 valence electrons. The van der Waals surface area contributed by atoms with Crippen LogP contribution in [0.5, 0.6) is 11.5 Å². The Morgan fingerprint density at radius 1 is 1.33 bits per heavy atom. The molecule has 21 heavy (non-hydrogen) atoms. The van der Waals surface area contributed by atoms with Crippen LogP contribution in [0.25, 0.3) is 11.6 Å². The van der Waals surface area contributed by atoms with Crippen molar-refractivity contribution in [3.05, 3.63) is 56.1 Å². The number of ether oxygens (including phenoxy) is 1. The lowest BCUT2D eigenvalue weighted by atomic mass is 10.0. The van der Waals surface area contributed by atoms with Gasteiger partial charge in [0, 0.05) is 3.57 Å². The largest absolute Gasteiger partial charge is 0.503 e. The number of benzene rings is 2. The Hall–Kier alpha value is -1.71.